The van der Waals surface area contributed by atoms with Crippen molar-refractivity contribution in [1.29, 1.82) is 0 Å². The van der Waals surface area contributed by atoms with Gasteiger partial charge in [0.05, 0.1) is 10.4 Å². The zero-order chi connectivity index (χ0) is 12.9. The summed E-state index contributed by atoms with van der Waals surface area (Å²) in [6.07, 6.45) is 2.61. The Hall–Kier alpha value is -1.50. The first-order valence-corrected chi connectivity index (χ1v) is 5.84. The molecule has 0 aliphatic heterocycles. The van der Waals surface area contributed by atoms with Crippen LogP contribution < -0.4 is 11.1 Å². The quantitative estimate of drug-likeness (QED) is 0.629. The SMILES string of the molecule is CCC(C)(C(=O)NCCc1ncn[nH]1)C(N)=S. The van der Waals surface area contributed by atoms with E-state index in [1.54, 1.807) is 6.92 Å². The monoisotopic (exact) mass is 255 g/mol. The smallest absolute Gasteiger partial charge is 0.232 e. The van der Waals surface area contributed by atoms with Crippen molar-refractivity contribution in [2.24, 2.45) is 11.1 Å². The van der Waals surface area contributed by atoms with Crippen LogP contribution in [0.15, 0.2) is 6.33 Å². The number of hydrogen-bond donors (Lipinski definition) is 3. The average Bonchev–Trinajstić information content (AvgIpc) is 2.80. The highest BCUT2D eigenvalue weighted by molar-refractivity contribution is 7.80. The largest absolute Gasteiger partial charge is 0.392 e. The second-order valence-electron chi connectivity index (χ2n) is 3.99. The van der Waals surface area contributed by atoms with E-state index in [9.17, 15) is 4.79 Å². The third kappa shape index (κ3) is 3.23. The van der Waals surface area contributed by atoms with Crippen LogP contribution in [0.5, 0.6) is 0 Å². The highest BCUT2D eigenvalue weighted by atomic mass is 32.1. The fourth-order valence-corrected chi connectivity index (χ4v) is 1.52. The van der Waals surface area contributed by atoms with E-state index in [2.05, 4.69) is 20.5 Å². The molecule has 0 radical (unpaired) electrons. The van der Waals surface area contributed by atoms with E-state index in [4.69, 9.17) is 18.0 Å². The van der Waals surface area contributed by atoms with Crippen LogP contribution in [-0.4, -0.2) is 32.6 Å². The van der Waals surface area contributed by atoms with Crippen molar-refractivity contribution in [1.82, 2.24) is 20.5 Å². The molecule has 1 unspecified atom stereocenters. The van der Waals surface area contributed by atoms with Gasteiger partial charge >= 0.3 is 0 Å². The van der Waals surface area contributed by atoms with Gasteiger partial charge in [0.25, 0.3) is 0 Å². The summed E-state index contributed by atoms with van der Waals surface area (Å²) in [6, 6.07) is 0. The third-order valence-corrected chi connectivity index (χ3v) is 3.31. The lowest BCUT2D eigenvalue weighted by atomic mass is 9.86. The van der Waals surface area contributed by atoms with Gasteiger partial charge < -0.3 is 11.1 Å². The van der Waals surface area contributed by atoms with Gasteiger partial charge in [-0.2, -0.15) is 5.10 Å². The van der Waals surface area contributed by atoms with E-state index < -0.39 is 5.41 Å². The van der Waals surface area contributed by atoms with Gasteiger partial charge in [0.1, 0.15) is 12.2 Å². The number of nitrogens with zero attached hydrogens (tertiary/aromatic N) is 2. The fourth-order valence-electron chi connectivity index (χ4n) is 1.29. The molecule has 17 heavy (non-hydrogen) atoms. The third-order valence-electron chi connectivity index (χ3n) is 2.86. The van der Waals surface area contributed by atoms with Gasteiger partial charge in [-0.3, -0.25) is 9.89 Å². The summed E-state index contributed by atoms with van der Waals surface area (Å²) >= 11 is 4.92. The van der Waals surface area contributed by atoms with Crippen LogP contribution in [0.2, 0.25) is 0 Å². The first-order chi connectivity index (χ1) is 8.00. The summed E-state index contributed by atoms with van der Waals surface area (Å²) in [7, 11) is 0. The molecule has 1 amide bonds. The second kappa shape index (κ2) is 5.72. The number of hydrogen-bond acceptors (Lipinski definition) is 4. The van der Waals surface area contributed by atoms with E-state index in [0.717, 1.165) is 5.82 Å². The normalized spacial score (nSPS) is 14.0. The van der Waals surface area contributed by atoms with Gasteiger partial charge in [0.15, 0.2) is 0 Å². The Balaban J connectivity index is 2.46. The summed E-state index contributed by atoms with van der Waals surface area (Å²) in [5.74, 6) is 0.589. The van der Waals surface area contributed by atoms with Crippen LogP contribution in [0, 0.1) is 5.41 Å². The molecule has 1 heterocycles. The van der Waals surface area contributed by atoms with Crippen LogP contribution in [0.1, 0.15) is 26.1 Å². The minimum atomic E-state index is -0.781. The van der Waals surface area contributed by atoms with Crippen molar-refractivity contribution in [3.05, 3.63) is 12.2 Å². The molecular formula is C10H17N5OS. The highest BCUT2D eigenvalue weighted by Gasteiger charge is 2.34. The molecule has 0 aliphatic rings. The number of nitrogens with two attached hydrogens (primary N) is 1. The Kier molecular flexibility index (Phi) is 4.56. The Morgan fingerprint density at radius 3 is 2.88 bits per heavy atom. The molecule has 4 N–H and O–H groups in total. The van der Waals surface area contributed by atoms with Crippen molar-refractivity contribution < 1.29 is 4.79 Å². The van der Waals surface area contributed by atoms with Crippen molar-refractivity contribution in [2.45, 2.75) is 26.7 Å². The number of aromatic amines is 1. The summed E-state index contributed by atoms with van der Waals surface area (Å²) in [5, 5.41) is 9.25. The first-order valence-electron chi connectivity index (χ1n) is 5.43. The molecular weight excluding hydrogens is 238 g/mol. The van der Waals surface area contributed by atoms with Crippen molar-refractivity contribution in [2.75, 3.05) is 6.54 Å². The van der Waals surface area contributed by atoms with Crippen LogP contribution in [-0.2, 0) is 11.2 Å². The summed E-state index contributed by atoms with van der Waals surface area (Å²) < 4.78 is 0. The van der Waals surface area contributed by atoms with E-state index in [-0.39, 0.29) is 10.9 Å². The topological polar surface area (TPSA) is 96.7 Å². The van der Waals surface area contributed by atoms with Crippen LogP contribution >= 0.6 is 12.2 Å². The zero-order valence-corrected chi connectivity index (χ0v) is 10.8. The number of H-pyrrole nitrogens is 1. The lowest BCUT2D eigenvalue weighted by molar-refractivity contribution is -0.126. The van der Waals surface area contributed by atoms with Crippen molar-refractivity contribution >= 4 is 23.1 Å². The molecule has 1 rings (SSSR count). The average molecular weight is 255 g/mol. The molecule has 0 aliphatic carbocycles. The minimum Gasteiger partial charge on any atom is -0.392 e. The van der Waals surface area contributed by atoms with Gasteiger partial charge in [-0.05, 0) is 13.3 Å². The molecule has 7 heteroatoms. The molecule has 6 nitrogen and oxygen atoms in total. The van der Waals surface area contributed by atoms with Gasteiger partial charge in [-0.25, -0.2) is 4.98 Å². The molecule has 0 saturated carbocycles. The predicted molar refractivity (Wildman–Crippen MR) is 68.3 cm³/mol. The number of amides is 1. The maximum absolute atomic E-state index is 11.9. The standard InChI is InChI=1S/C10H17N5OS/c1-3-10(2,8(11)17)9(16)12-5-4-7-13-6-14-15-7/h6H,3-5H2,1-2H3,(H2,11,17)(H,12,16)(H,13,14,15). The number of nitrogens with one attached hydrogen (secondary N) is 2. The molecule has 1 aromatic heterocycles. The molecule has 1 aromatic rings. The van der Waals surface area contributed by atoms with Gasteiger partial charge in [-0.15, -0.1) is 0 Å². The predicted octanol–water partition coefficient (Wildman–Crippen LogP) is 0.166. The maximum atomic E-state index is 11.9. The van der Waals surface area contributed by atoms with Gasteiger partial charge in [0, 0.05) is 13.0 Å². The lowest BCUT2D eigenvalue weighted by Crippen LogP contribution is -2.47. The van der Waals surface area contributed by atoms with Crippen LogP contribution in [0.4, 0.5) is 0 Å². The number of aromatic nitrogens is 3. The molecule has 1 atom stereocenters. The van der Waals surface area contributed by atoms with Crippen LogP contribution in [0.25, 0.3) is 0 Å². The van der Waals surface area contributed by atoms with E-state index in [1.807, 2.05) is 6.92 Å². The van der Waals surface area contributed by atoms with Crippen molar-refractivity contribution in [3.63, 3.8) is 0 Å². The van der Waals surface area contributed by atoms with Crippen molar-refractivity contribution in [3.8, 4) is 0 Å². The number of carbonyl (C=O) groups excluding carboxylic acids is 1. The minimum absolute atomic E-state index is 0.146. The van der Waals surface area contributed by atoms with E-state index in [1.165, 1.54) is 6.33 Å². The summed E-state index contributed by atoms with van der Waals surface area (Å²) in [5.41, 5.74) is 4.81. The Bertz CT molecular complexity index is 391. The first kappa shape index (κ1) is 13.6. The Labute approximate surface area is 105 Å². The molecule has 0 bridgehead atoms. The highest BCUT2D eigenvalue weighted by Crippen LogP contribution is 2.21. The molecule has 0 fully saturated rings. The summed E-state index contributed by atoms with van der Waals surface area (Å²) in [6.45, 7) is 4.11. The second-order valence-corrected chi connectivity index (χ2v) is 4.43. The summed E-state index contributed by atoms with van der Waals surface area (Å²) in [4.78, 5) is 16.1. The van der Waals surface area contributed by atoms with Gasteiger partial charge in [-0.1, -0.05) is 19.1 Å². The number of thiocarbonyl (C=S) groups is 1. The lowest BCUT2D eigenvalue weighted by Gasteiger charge is -2.25. The van der Waals surface area contributed by atoms with E-state index >= 15 is 0 Å². The van der Waals surface area contributed by atoms with Crippen LogP contribution in [0.3, 0.4) is 0 Å². The zero-order valence-electron chi connectivity index (χ0n) is 9.99. The molecule has 94 valence electrons. The molecule has 0 aromatic carbocycles. The molecule has 0 saturated heterocycles. The Morgan fingerprint density at radius 1 is 1.71 bits per heavy atom. The molecule has 0 spiro atoms. The fraction of sp³-hybridized carbons (Fsp3) is 0.600. The number of rotatable bonds is 6. The number of carbonyl (C=O) groups is 1. The Morgan fingerprint density at radius 2 is 2.41 bits per heavy atom. The van der Waals surface area contributed by atoms with Gasteiger partial charge in [0.2, 0.25) is 5.91 Å². The maximum Gasteiger partial charge on any atom is 0.232 e. The van der Waals surface area contributed by atoms with E-state index in [0.29, 0.717) is 19.4 Å².